The number of aliphatic hydroxyl groups excluding tert-OH is 1. The number of Topliss-reactive ketones (excluding diaryl/α,β-unsaturated/α-hetero) is 1. The molecule has 0 aromatic heterocycles. The summed E-state index contributed by atoms with van der Waals surface area (Å²) < 4.78 is 26.9. The van der Waals surface area contributed by atoms with Gasteiger partial charge in [-0.2, -0.15) is 0 Å². The summed E-state index contributed by atoms with van der Waals surface area (Å²) in [6.45, 7) is 1.76. The van der Waals surface area contributed by atoms with Gasteiger partial charge in [0.05, 0.1) is 11.6 Å². The molecule has 1 unspecified atom stereocenters. The Kier molecular flexibility index (Phi) is 5.86. The van der Waals surface area contributed by atoms with E-state index in [-0.39, 0.29) is 29.3 Å². The molecule has 4 nitrogen and oxygen atoms in total. The highest BCUT2D eigenvalue weighted by Gasteiger charge is 2.45. The van der Waals surface area contributed by atoms with Crippen molar-refractivity contribution in [2.75, 3.05) is 6.54 Å². The molecule has 32 heavy (non-hydrogen) atoms. The van der Waals surface area contributed by atoms with Crippen LogP contribution in [0.1, 0.15) is 28.3 Å². The Morgan fingerprint density at radius 3 is 2.31 bits per heavy atom. The summed E-state index contributed by atoms with van der Waals surface area (Å²) in [6, 6.07) is 18.2. The molecule has 1 atom stereocenters. The fourth-order valence-electron chi connectivity index (χ4n) is 3.94. The predicted octanol–water partition coefficient (Wildman–Crippen LogP) is 4.94. The highest BCUT2D eigenvalue weighted by molar-refractivity contribution is 6.46. The van der Waals surface area contributed by atoms with Crippen molar-refractivity contribution in [3.63, 3.8) is 0 Å². The number of hydrogen-bond acceptors (Lipinski definition) is 3. The molecule has 1 aliphatic rings. The van der Waals surface area contributed by atoms with Gasteiger partial charge in [-0.3, -0.25) is 9.59 Å². The van der Waals surface area contributed by atoms with Crippen molar-refractivity contribution in [1.29, 1.82) is 0 Å². The predicted molar refractivity (Wildman–Crippen MR) is 117 cm³/mol. The third-order valence-corrected chi connectivity index (χ3v) is 5.64. The van der Waals surface area contributed by atoms with Crippen molar-refractivity contribution < 1.29 is 23.5 Å². The molecule has 3 aromatic rings. The van der Waals surface area contributed by atoms with Crippen molar-refractivity contribution in [3.05, 3.63) is 112 Å². The van der Waals surface area contributed by atoms with Crippen molar-refractivity contribution in [2.24, 2.45) is 0 Å². The summed E-state index contributed by atoms with van der Waals surface area (Å²) in [6.07, 6.45) is 0.409. The molecule has 0 bridgehead atoms. The number of aliphatic hydroxyl groups is 1. The van der Waals surface area contributed by atoms with Crippen LogP contribution >= 0.6 is 0 Å². The molecule has 162 valence electrons. The van der Waals surface area contributed by atoms with Gasteiger partial charge in [0.2, 0.25) is 0 Å². The number of rotatable bonds is 5. The number of nitrogens with zero attached hydrogens (tertiary/aromatic N) is 1. The first-order valence-corrected chi connectivity index (χ1v) is 10.2. The molecule has 3 aromatic carbocycles. The van der Waals surface area contributed by atoms with Crippen molar-refractivity contribution >= 4 is 17.4 Å². The number of carbonyl (C=O) groups excluding carboxylic acids is 2. The average molecular weight is 433 g/mol. The van der Waals surface area contributed by atoms with Crippen LogP contribution in [0.25, 0.3) is 5.76 Å². The summed E-state index contributed by atoms with van der Waals surface area (Å²) in [7, 11) is 0. The van der Waals surface area contributed by atoms with Gasteiger partial charge in [-0.15, -0.1) is 0 Å². The first-order valence-electron chi connectivity index (χ1n) is 10.2. The zero-order valence-electron chi connectivity index (χ0n) is 17.4. The van der Waals surface area contributed by atoms with Gasteiger partial charge >= 0.3 is 0 Å². The second kappa shape index (κ2) is 8.75. The van der Waals surface area contributed by atoms with Gasteiger partial charge in [-0.05, 0) is 60.4 Å². The van der Waals surface area contributed by atoms with Gasteiger partial charge in [0.25, 0.3) is 11.7 Å². The minimum atomic E-state index is -0.794. The summed E-state index contributed by atoms with van der Waals surface area (Å²) in [5, 5.41) is 11.0. The van der Waals surface area contributed by atoms with Crippen LogP contribution in [-0.2, 0) is 16.0 Å². The molecular weight excluding hydrogens is 412 g/mol. The molecule has 0 saturated carbocycles. The monoisotopic (exact) mass is 433 g/mol. The first kappa shape index (κ1) is 21.4. The highest BCUT2D eigenvalue weighted by atomic mass is 19.1. The van der Waals surface area contributed by atoms with Gasteiger partial charge < -0.3 is 10.0 Å². The molecule has 0 spiro atoms. The van der Waals surface area contributed by atoms with E-state index in [0.717, 1.165) is 5.56 Å². The SMILES string of the molecule is Cc1cc(/C(O)=C2/C(=O)C(=O)N(CCc3ccc(F)cc3)C2c2ccccc2)ccc1F. The minimum Gasteiger partial charge on any atom is -0.507 e. The smallest absolute Gasteiger partial charge is 0.295 e. The molecule has 1 heterocycles. The highest BCUT2D eigenvalue weighted by Crippen LogP contribution is 2.39. The second-order valence-electron chi connectivity index (χ2n) is 7.74. The van der Waals surface area contributed by atoms with E-state index in [0.29, 0.717) is 17.5 Å². The molecule has 4 rings (SSSR count). The van der Waals surface area contributed by atoms with Crippen LogP contribution in [0.4, 0.5) is 8.78 Å². The third-order valence-electron chi connectivity index (χ3n) is 5.64. The zero-order chi connectivity index (χ0) is 22.8. The maximum absolute atomic E-state index is 13.7. The van der Waals surface area contributed by atoms with Crippen LogP contribution in [-0.4, -0.2) is 28.2 Å². The van der Waals surface area contributed by atoms with Gasteiger partial charge in [0.15, 0.2) is 0 Å². The van der Waals surface area contributed by atoms with Gasteiger partial charge in [0.1, 0.15) is 17.4 Å². The normalized spacial score (nSPS) is 17.7. The van der Waals surface area contributed by atoms with Crippen molar-refractivity contribution in [3.8, 4) is 0 Å². The molecule has 1 fully saturated rings. The molecule has 0 aliphatic carbocycles. The standard InChI is InChI=1S/C26H21F2NO3/c1-16-15-19(9-12-21(16)28)24(30)22-23(18-5-3-2-4-6-18)29(26(32)25(22)31)14-13-17-7-10-20(27)11-8-17/h2-12,15,23,30H,13-14H2,1H3/b24-22-. The summed E-state index contributed by atoms with van der Waals surface area (Å²) >= 11 is 0. The topological polar surface area (TPSA) is 57.6 Å². The fraction of sp³-hybridized carbons (Fsp3) is 0.154. The maximum atomic E-state index is 13.7. The largest absolute Gasteiger partial charge is 0.507 e. The number of amides is 1. The van der Waals surface area contributed by atoms with Gasteiger partial charge in [-0.25, -0.2) is 8.78 Å². The van der Waals surface area contributed by atoms with Crippen LogP contribution in [0.2, 0.25) is 0 Å². The van der Waals surface area contributed by atoms with Crippen molar-refractivity contribution in [1.82, 2.24) is 4.90 Å². The number of hydrogen-bond donors (Lipinski definition) is 1. The van der Waals surface area contributed by atoms with Gasteiger partial charge in [0, 0.05) is 12.1 Å². The number of carbonyl (C=O) groups is 2. The Morgan fingerprint density at radius 2 is 1.66 bits per heavy atom. The molecule has 1 saturated heterocycles. The van der Waals surface area contributed by atoms with Crippen LogP contribution < -0.4 is 0 Å². The quantitative estimate of drug-likeness (QED) is 0.352. The Labute approximate surface area is 184 Å². The van der Waals surface area contributed by atoms with E-state index in [4.69, 9.17) is 0 Å². The van der Waals surface area contributed by atoms with E-state index in [2.05, 4.69) is 0 Å². The number of halogens is 2. The summed E-state index contributed by atoms with van der Waals surface area (Å²) in [5.74, 6) is -2.64. The number of ketones is 1. The van der Waals surface area contributed by atoms with Gasteiger partial charge in [-0.1, -0.05) is 42.5 Å². The summed E-state index contributed by atoms with van der Waals surface area (Å²) in [5.41, 5.74) is 2.03. The molecular formula is C26H21F2NO3. The van der Waals surface area contributed by atoms with Crippen LogP contribution in [0, 0.1) is 18.6 Å². The van der Waals surface area contributed by atoms with E-state index in [9.17, 15) is 23.5 Å². The molecule has 6 heteroatoms. The first-order chi connectivity index (χ1) is 15.4. The zero-order valence-corrected chi connectivity index (χ0v) is 17.4. The number of likely N-dealkylation sites (tertiary alicyclic amines) is 1. The van der Waals surface area contributed by atoms with Crippen LogP contribution in [0.5, 0.6) is 0 Å². The van der Waals surface area contributed by atoms with E-state index in [1.54, 1.807) is 43.3 Å². The molecule has 1 amide bonds. The Balaban J connectivity index is 1.76. The summed E-state index contributed by atoms with van der Waals surface area (Å²) in [4.78, 5) is 27.4. The molecule has 1 aliphatic heterocycles. The number of aryl methyl sites for hydroxylation is 1. The molecule has 0 radical (unpaired) electrons. The van der Waals surface area contributed by atoms with E-state index in [1.165, 1.54) is 35.2 Å². The fourth-order valence-corrected chi connectivity index (χ4v) is 3.94. The van der Waals surface area contributed by atoms with E-state index < -0.39 is 23.5 Å². The maximum Gasteiger partial charge on any atom is 0.295 e. The second-order valence-corrected chi connectivity index (χ2v) is 7.74. The van der Waals surface area contributed by atoms with Crippen molar-refractivity contribution in [2.45, 2.75) is 19.4 Å². The van der Waals surface area contributed by atoms with E-state index >= 15 is 0 Å². The average Bonchev–Trinajstić information content (AvgIpc) is 3.05. The lowest BCUT2D eigenvalue weighted by Gasteiger charge is -2.25. The Bertz CT molecular complexity index is 1200. The lowest BCUT2D eigenvalue weighted by Crippen LogP contribution is -2.31. The lowest BCUT2D eigenvalue weighted by atomic mass is 9.94. The number of benzene rings is 3. The Hall–Kier alpha value is -3.80. The Morgan fingerprint density at radius 1 is 0.969 bits per heavy atom. The van der Waals surface area contributed by atoms with E-state index in [1.807, 2.05) is 6.07 Å². The van der Waals surface area contributed by atoms with Crippen LogP contribution in [0.3, 0.4) is 0 Å². The lowest BCUT2D eigenvalue weighted by molar-refractivity contribution is -0.139. The third kappa shape index (κ3) is 4.04. The van der Waals surface area contributed by atoms with Crippen LogP contribution in [0.15, 0.2) is 78.4 Å². The minimum absolute atomic E-state index is 0.0358. The molecule has 1 N–H and O–H groups in total.